The highest BCUT2D eigenvalue weighted by molar-refractivity contribution is 5.87. The predicted molar refractivity (Wildman–Crippen MR) is 107 cm³/mol. The van der Waals surface area contributed by atoms with Crippen molar-refractivity contribution in [3.05, 3.63) is 59.9 Å². The summed E-state index contributed by atoms with van der Waals surface area (Å²) in [6.07, 6.45) is 3.33. The van der Waals surface area contributed by atoms with E-state index in [4.69, 9.17) is 8.94 Å². The number of hydrogen-bond acceptors (Lipinski definition) is 5. The Labute approximate surface area is 157 Å². The number of nitrogens with zero attached hydrogens (tertiary/aromatic N) is 2. The Bertz CT molecular complexity index is 1070. The molecule has 2 aromatic heterocycles. The second kappa shape index (κ2) is 7.08. The molecular formula is C22H23N3O2. The summed E-state index contributed by atoms with van der Waals surface area (Å²) in [5.74, 6) is 1.99. The number of unbranched alkanes of at least 4 members (excludes halogenated alkanes) is 1. The average Bonchev–Trinajstić information content (AvgIpc) is 3.28. The minimum Gasteiger partial charge on any atom is -0.459 e. The Morgan fingerprint density at radius 1 is 0.963 bits per heavy atom. The Kier molecular flexibility index (Phi) is 4.30. The molecule has 5 heteroatoms. The zero-order chi connectivity index (χ0) is 18.1. The van der Waals surface area contributed by atoms with E-state index in [1.807, 2.05) is 30.3 Å². The van der Waals surface area contributed by atoms with Crippen molar-refractivity contribution < 1.29 is 8.94 Å². The van der Waals surface area contributed by atoms with Gasteiger partial charge in [-0.2, -0.15) is 0 Å². The fourth-order valence-electron chi connectivity index (χ4n) is 3.97. The fraction of sp³-hybridized carbons (Fsp3) is 0.318. The first-order valence-corrected chi connectivity index (χ1v) is 9.68. The van der Waals surface area contributed by atoms with Crippen LogP contribution in [0.2, 0.25) is 0 Å². The van der Waals surface area contributed by atoms with Crippen molar-refractivity contribution in [2.75, 3.05) is 25.0 Å². The van der Waals surface area contributed by atoms with Crippen LogP contribution < -0.4 is 5.32 Å². The molecule has 1 aliphatic heterocycles. The lowest BCUT2D eigenvalue weighted by atomic mass is 10.0. The molecule has 138 valence electrons. The second-order valence-corrected chi connectivity index (χ2v) is 7.19. The van der Waals surface area contributed by atoms with Crippen molar-refractivity contribution in [2.24, 2.45) is 0 Å². The quantitative estimate of drug-likeness (QED) is 0.499. The van der Waals surface area contributed by atoms with E-state index in [-0.39, 0.29) is 0 Å². The van der Waals surface area contributed by atoms with Crippen molar-refractivity contribution in [1.29, 1.82) is 0 Å². The fourth-order valence-corrected chi connectivity index (χ4v) is 3.97. The molecule has 0 unspecified atom stereocenters. The van der Waals surface area contributed by atoms with Crippen LogP contribution in [0.25, 0.3) is 21.9 Å². The van der Waals surface area contributed by atoms with Gasteiger partial charge < -0.3 is 14.3 Å². The van der Waals surface area contributed by atoms with Crippen LogP contribution in [0, 0.1) is 0 Å². The van der Waals surface area contributed by atoms with Crippen LogP contribution in [0.15, 0.2) is 57.5 Å². The lowest BCUT2D eigenvalue weighted by Crippen LogP contribution is -2.31. The zero-order valence-corrected chi connectivity index (χ0v) is 15.3. The number of furan rings is 1. The van der Waals surface area contributed by atoms with E-state index >= 15 is 0 Å². The molecule has 5 nitrogen and oxygen atoms in total. The summed E-state index contributed by atoms with van der Waals surface area (Å²) >= 11 is 0. The van der Waals surface area contributed by atoms with Gasteiger partial charge in [0.2, 0.25) is 0 Å². The van der Waals surface area contributed by atoms with Crippen LogP contribution in [0.5, 0.6) is 0 Å². The van der Waals surface area contributed by atoms with E-state index in [0.29, 0.717) is 0 Å². The average molecular weight is 361 g/mol. The number of nitrogens with one attached hydrogen (secondary N) is 1. The van der Waals surface area contributed by atoms with Crippen LogP contribution in [0.1, 0.15) is 24.2 Å². The molecule has 1 N–H and O–H groups in total. The van der Waals surface area contributed by atoms with E-state index in [9.17, 15) is 0 Å². The summed E-state index contributed by atoms with van der Waals surface area (Å²) in [5, 5.41) is 9.85. The van der Waals surface area contributed by atoms with Gasteiger partial charge in [0.05, 0.1) is 11.9 Å². The third kappa shape index (κ3) is 3.19. The van der Waals surface area contributed by atoms with Gasteiger partial charge in [0.15, 0.2) is 11.4 Å². The van der Waals surface area contributed by atoms with Crippen LogP contribution in [-0.4, -0.2) is 29.7 Å². The van der Waals surface area contributed by atoms with E-state index in [1.54, 1.807) is 0 Å². The largest absolute Gasteiger partial charge is 0.459 e. The van der Waals surface area contributed by atoms with Crippen molar-refractivity contribution in [3.63, 3.8) is 0 Å². The molecule has 2 aromatic carbocycles. The van der Waals surface area contributed by atoms with Gasteiger partial charge in [-0.15, -0.1) is 0 Å². The Morgan fingerprint density at radius 3 is 2.70 bits per heavy atom. The molecule has 0 bridgehead atoms. The lowest BCUT2D eigenvalue weighted by Gasteiger charge is -2.25. The molecule has 0 fully saturated rings. The van der Waals surface area contributed by atoms with Gasteiger partial charge in [-0.25, -0.2) is 0 Å². The minimum atomic E-state index is 0.829. The SMILES string of the molecule is c1ccc2c(NCCCCN3CCc4c(oc5ccccc45)C3)noc2c1. The molecule has 0 aliphatic carbocycles. The van der Waals surface area contributed by atoms with Crippen molar-refractivity contribution in [1.82, 2.24) is 10.1 Å². The number of aromatic nitrogens is 1. The summed E-state index contributed by atoms with van der Waals surface area (Å²) in [6.45, 7) is 4.03. The molecule has 0 saturated heterocycles. The first-order chi connectivity index (χ1) is 13.4. The Hall–Kier alpha value is -2.79. The maximum Gasteiger partial charge on any atom is 0.177 e. The summed E-state index contributed by atoms with van der Waals surface area (Å²) < 4.78 is 11.4. The molecule has 5 rings (SSSR count). The molecule has 27 heavy (non-hydrogen) atoms. The van der Waals surface area contributed by atoms with Gasteiger partial charge in [0.1, 0.15) is 11.3 Å². The van der Waals surface area contributed by atoms with E-state index in [1.165, 1.54) is 10.9 Å². The van der Waals surface area contributed by atoms with Crippen molar-refractivity contribution in [3.8, 4) is 0 Å². The molecular weight excluding hydrogens is 338 g/mol. The van der Waals surface area contributed by atoms with Crippen LogP contribution in [0.3, 0.4) is 0 Å². The zero-order valence-electron chi connectivity index (χ0n) is 15.3. The number of fused-ring (bicyclic) bond motifs is 4. The maximum absolute atomic E-state index is 6.07. The number of anilines is 1. The summed E-state index contributed by atoms with van der Waals surface area (Å²) in [6, 6.07) is 16.3. The number of benzene rings is 2. The van der Waals surface area contributed by atoms with Gasteiger partial charge in [0.25, 0.3) is 0 Å². The molecule has 0 saturated carbocycles. The monoisotopic (exact) mass is 361 g/mol. The van der Waals surface area contributed by atoms with Crippen molar-refractivity contribution >= 4 is 27.8 Å². The Morgan fingerprint density at radius 2 is 1.78 bits per heavy atom. The topological polar surface area (TPSA) is 54.4 Å². The number of rotatable bonds is 6. The highest BCUT2D eigenvalue weighted by Crippen LogP contribution is 2.30. The highest BCUT2D eigenvalue weighted by Gasteiger charge is 2.21. The van der Waals surface area contributed by atoms with E-state index < -0.39 is 0 Å². The first-order valence-electron chi connectivity index (χ1n) is 9.68. The molecule has 0 amide bonds. The van der Waals surface area contributed by atoms with Crippen LogP contribution >= 0.6 is 0 Å². The van der Waals surface area contributed by atoms with Gasteiger partial charge in [-0.3, -0.25) is 4.90 Å². The lowest BCUT2D eigenvalue weighted by molar-refractivity contribution is 0.228. The summed E-state index contributed by atoms with van der Waals surface area (Å²) in [5.41, 5.74) is 3.25. The van der Waals surface area contributed by atoms with E-state index in [2.05, 4.69) is 33.6 Å². The number of para-hydroxylation sites is 2. The smallest absolute Gasteiger partial charge is 0.177 e. The van der Waals surface area contributed by atoms with Crippen LogP contribution in [0.4, 0.5) is 5.82 Å². The normalized spacial score (nSPS) is 14.7. The van der Waals surface area contributed by atoms with Gasteiger partial charge in [-0.05, 0) is 44.0 Å². The minimum absolute atomic E-state index is 0.829. The third-order valence-electron chi connectivity index (χ3n) is 5.40. The molecule has 1 aliphatic rings. The molecule has 0 spiro atoms. The van der Waals surface area contributed by atoms with Crippen molar-refractivity contribution in [2.45, 2.75) is 25.8 Å². The Balaban J connectivity index is 1.12. The first kappa shape index (κ1) is 16.4. The van der Waals surface area contributed by atoms with Gasteiger partial charge in [-0.1, -0.05) is 35.5 Å². The predicted octanol–water partition coefficient (Wildman–Crippen LogP) is 4.82. The standard InChI is InChI=1S/C22H23N3O2/c1-3-9-19-16(7-1)17-11-14-25(15-21(17)26-19)13-6-5-12-23-22-18-8-2-4-10-20(18)27-24-22/h1-4,7-10H,5-6,11-15H2,(H,23,24). The molecule has 0 atom stereocenters. The third-order valence-corrected chi connectivity index (χ3v) is 5.40. The maximum atomic E-state index is 6.07. The number of hydrogen-bond donors (Lipinski definition) is 1. The van der Waals surface area contributed by atoms with Gasteiger partial charge >= 0.3 is 0 Å². The highest BCUT2D eigenvalue weighted by atomic mass is 16.5. The van der Waals surface area contributed by atoms with Gasteiger partial charge in [0, 0.05) is 24.0 Å². The van der Waals surface area contributed by atoms with E-state index in [0.717, 1.165) is 73.6 Å². The second-order valence-electron chi connectivity index (χ2n) is 7.19. The summed E-state index contributed by atoms with van der Waals surface area (Å²) in [4.78, 5) is 2.50. The molecule has 3 heterocycles. The van der Waals surface area contributed by atoms with Crippen LogP contribution in [-0.2, 0) is 13.0 Å². The molecule has 4 aromatic rings. The summed E-state index contributed by atoms with van der Waals surface area (Å²) in [7, 11) is 0. The molecule has 0 radical (unpaired) electrons.